The number of nitrogens with zero attached hydrogens (tertiary/aromatic N) is 1. The van der Waals surface area contributed by atoms with E-state index in [1.54, 1.807) is 25.3 Å². The topological polar surface area (TPSA) is 84.2 Å². The van der Waals surface area contributed by atoms with Crippen molar-refractivity contribution in [3.63, 3.8) is 0 Å². The van der Waals surface area contributed by atoms with Gasteiger partial charge >= 0.3 is 0 Å². The number of hydrogen-bond donors (Lipinski definition) is 2. The predicted octanol–water partition coefficient (Wildman–Crippen LogP) is 1.96. The van der Waals surface area contributed by atoms with Crippen LogP contribution in [0.1, 0.15) is 31.8 Å². The van der Waals surface area contributed by atoms with Gasteiger partial charge in [0.15, 0.2) is 5.89 Å². The van der Waals surface area contributed by atoms with E-state index < -0.39 is 5.91 Å². The lowest BCUT2D eigenvalue weighted by molar-refractivity contribution is 0.0968. The standard InChI is InChI=1S/C12H13N3O3S/c1-6-9(18-7(2)14-6)11(16)15-8-4-5-19-10(8)12(17)13-3/h4-5H,1-3H3,(H,13,17)(H,15,16). The van der Waals surface area contributed by atoms with E-state index in [0.717, 1.165) is 0 Å². The molecule has 0 fully saturated rings. The van der Waals surface area contributed by atoms with Crippen molar-refractivity contribution in [1.82, 2.24) is 10.3 Å². The van der Waals surface area contributed by atoms with Crippen LogP contribution < -0.4 is 10.6 Å². The lowest BCUT2D eigenvalue weighted by Crippen LogP contribution is -2.20. The van der Waals surface area contributed by atoms with Crippen molar-refractivity contribution in [3.8, 4) is 0 Å². The second-order valence-corrected chi connectivity index (χ2v) is 4.76. The molecule has 0 atom stereocenters. The van der Waals surface area contributed by atoms with Crippen LogP contribution in [0.4, 0.5) is 5.69 Å². The number of rotatable bonds is 3. The molecule has 0 aliphatic rings. The highest BCUT2D eigenvalue weighted by Gasteiger charge is 2.19. The molecular weight excluding hydrogens is 266 g/mol. The van der Waals surface area contributed by atoms with E-state index in [1.165, 1.54) is 18.4 Å². The molecule has 2 rings (SSSR count). The molecule has 0 spiro atoms. The van der Waals surface area contributed by atoms with Crippen molar-refractivity contribution in [1.29, 1.82) is 0 Å². The second kappa shape index (κ2) is 5.23. The van der Waals surface area contributed by atoms with Crippen molar-refractivity contribution < 1.29 is 14.0 Å². The summed E-state index contributed by atoms with van der Waals surface area (Å²) < 4.78 is 5.23. The third-order valence-corrected chi connectivity index (χ3v) is 3.37. The van der Waals surface area contributed by atoms with E-state index in [0.29, 0.717) is 22.1 Å². The fraction of sp³-hybridized carbons (Fsp3) is 0.250. The first-order valence-corrected chi connectivity index (χ1v) is 6.46. The lowest BCUT2D eigenvalue weighted by Gasteiger charge is -2.04. The minimum absolute atomic E-state index is 0.159. The summed E-state index contributed by atoms with van der Waals surface area (Å²) in [5.41, 5.74) is 0.981. The number of carbonyl (C=O) groups is 2. The van der Waals surface area contributed by atoms with Gasteiger partial charge in [0.05, 0.1) is 11.4 Å². The van der Waals surface area contributed by atoms with E-state index >= 15 is 0 Å². The Hall–Kier alpha value is -2.15. The van der Waals surface area contributed by atoms with E-state index in [-0.39, 0.29) is 11.7 Å². The molecule has 2 aromatic rings. The average Bonchev–Trinajstić information content (AvgIpc) is 2.95. The number of hydrogen-bond acceptors (Lipinski definition) is 5. The SMILES string of the molecule is CNC(=O)c1sccc1NC(=O)c1oc(C)nc1C. The van der Waals surface area contributed by atoms with Crippen LogP contribution in [0.3, 0.4) is 0 Å². The number of thiophene rings is 1. The van der Waals surface area contributed by atoms with Crippen LogP contribution in [-0.2, 0) is 0 Å². The smallest absolute Gasteiger partial charge is 0.293 e. The average molecular weight is 279 g/mol. The molecule has 19 heavy (non-hydrogen) atoms. The van der Waals surface area contributed by atoms with Crippen molar-refractivity contribution in [2.24, 2.45) is 0 Å². The molecule has 0 aliphatic carbocycles. The first-order chi connectivity index (χ1) is 9.02. The first kappa shape index (κ1) is 13.3. The number of oxazole rings is 1. The highest BCUT2D eigenvalue weighted by Crippen LogP contribution is 2.23. The van der Waals surface area contributed by atoms with Crippen molar-refractivity contribution >= 4 is 28.8 Å². The second-order valence-electron chi connectivity index (χ2n) is 3.84. The van der Waals surface area contributed by atoms with Crippen molar-refractivity contribution in [2.75, 3.05) is 12.4 Å². The summed E-state index contributed by atoms with van der Waals surface area (Å²) in [6.45, 7) is 3.36. The summed E-state index contributed by atoms with van der Waals surface area (Å²) in [7, 11) is 1.54. The zero-order chi connectivity index (χ0) is 14.0. The van der Waals surface area contributed by atoms with Crippen LogP contribution in [0.15, 0.2) is 15.9 Å². The Kier molecular flexibility index (Phi) is 3.66. The molecular formula is C12H13N3O3S. The van der Waals surface area contributed by atoms with E-state index in [4.69, 9.17) is 4.42 Å². The number of amides is 2. The molecule has 2 amide bonds. The number of nitrogens with one attached hydrogen (secondary N) is 2. The maximum atomic E-state index is 12.0. The minimum atomic E-state index is -0.415. The molecule has 0 aliphatic heterocycles. The largest absolute Gasteiger partial charge is 0.436 e. The van der Waals surface area contributed by atoms with Gasteiger partial charge in [-0.25, -0.2) is 4.98 Å². The van der Waals surface area contributed by atoms with Gasteiger partial charge < -0.3 is 15.1 Å². The summed E-state index contributed by atoms with van der Waals surface area (Å²) in [5.74, 6) is -0.0662. The zero-order valence-electron chi connectivity index (χ0n) is 10.7. The molecule has 7 heteroatoms. The molecule has 2 N–H and O–H groups in total. The van der Waals surface area contributed by atoms with Gasteiger partial charge in [0, 0.05) is 14.0 Å². The van der Waals surface area contributed by atoms with Crippen molar-refractivity contribution in [2.45, 2.75) is 13.8 Å². The molecule has 0 radical (unpaired) electrons. The molecule has 6 nitrogen and oxygen atoms in total. The summed E-state index contributed by atoms with van der Waals surface area (Å²) in [5, 5.41) is 6.91. The molecule has 0 saturated carbocycles. The van der Waals surface area contributed by atoms with Gasteiger partial charge in [0.2, 0.25) is 5.76 Å². The Labute approximate surface area is 113 Å². The van der Waals surface area contributed by atoms with Gasteiger partial charge in [-0.15, -0.1) is 11.3 Å². The molecule has 0 saturated heterocycles. The van der Waals surface area contributed by atoms with Crippen LogP contribution in [0.2, 0.25) is 0 Å². The molecule has 100 valence electrons. The van der Waals surface area contributed by atoms with E-state index in [1.807, 2.05) is 0 Å². The summed E-state index contributed by atoms with van der Waals surface area (Å²) in [6, 6.07) is 1.67. The molecule has 0 bridgehead atoms. The van der Waals surface area contributed by atoms with Gasteiger partial charge in [-0.05, 0) is 18.4 Å². The fourth-order valence-electron chi connectivity index (χ4n) is 1.62. The fourth-order valence-corrected chi connectivity index (χ4v) is 2.41. The minimum Gasteiger partial charge on any atom is -0.436 e. The lowest BCUT2D eigenvalue weighted by atomic mass is 10.3. The Morgan fingerprint density at radius 3 is 2.63 bits per heavy atom. The van der Waals surface area contributed by atoms with Gasteiger partial charge in [0.25, 0.3) is 11.8 Å². The first-order valence-electron chi connectivity index (χ1n) is 5.58. The Bertz CT molecular complexity index is 630. The Balaban J connectivity index is 2.22. The third-order valence-electron chi connectivity index (χ3n) is 2.46. The molecule has 2 aromatic heterocycles. The van der Waals surface area contributed by atoms with Gasteiger partial charge in [-0.2, -0.15) is 0 Å². The van der Waals surface area contributed by atoms with Gasteiger partial charge in [0.1, 0.15) is 4.88 Å². The predicted molar refractivity (Wildman–Crippen MR) is 71.6 cm³/mol. The van der Waals surface area contributed by atoms with Crippen LogP contribution in [0.5, 0.6) is 0 Å². The molecule has 0 unspecified atom stereocenters. The maximum Gasteiger partial charge on any atom is 0.293 e. The summed E-state index contributed by atoms with van der Waals surface area (Å²) in [6.07, 6.45) is 0. The number of aromatic nitrogens is 1. The van der Waals surface area contributed by atoms with Crippen LogP contribution in [0.25, 0.3) is 0 Å². The van der Waals surface area contributed by atoms with E-state index in [2.05, 4.69) is 15.6 Å². The Morgan fingerprint density at radius 2 is 2.05 bits per heavy atom. The quantitative estimate of drug-likeness (QED) is 0.899. The maximum absolute atomic E-state index is 12.0. The van der Waals surface area contributed by atoms with Gasteiger partial charge in [-0.3, -0.25) is 9.59 Å². The van der Waals surface area contributed by atoms with Gasteiger partial charge in [-0.1, -0.05) is 0 Å². The highest BCUT2D eigenvalue weighted by molar-refractivity contribution is 7.12. The molecule has 0 aromatic carbocycles. The summed E-state index contributed by atoms with van der Waals surface area (Å²) in [4.78, 5) is 28.1. The monoisotopic (exact) mass is 279 g/mol. The summed E-state index contributed by atoms with van der Waals surface area (Å²) >= 11 is 1.26. The normalized spacial score (nSPS) is 10.3. The van der Waals surface area contributed by atoms with Crippen molar-refractivity contribution in [3.05, 3.63) is 33.7 Å². The van der Waals surface area contributed by atoms with Crippen LogP contribution in [-0.4, -0.2) is 23.8 Å². The number of carbonyl (C=O) groups excluding carboxylic acids is 2. The number of aryl methyl sites for hydroxylation is 2. The van der Waals surface area contributed by atoms with Crippen LogP contribution in [0, 0.1) is 13.8 Å². The van der Waals surface area contributed by atoms with E-state index in [9.17, 15) is 9.59 Å². The third kappa shape index (κ3) is 2.65. The molecule has 2 heterocycles. The van der Waals surface area contributed by atoms with Crippen LogP contribution >= 0.6 is 11.3 Å². The zero-order valence-corrected chi connectivity index (χ0v) is 11.6. The Morgan fingerprint density at radius 1 is 1.32 bits per heavy atom. The highest BCUT2D eigenvalue weighted by atomic mass is 32.1. The number of anilines is 1.